The van der Waals surface area contributed by atoms with Gasteiger partial charge in [0, 0.05) is 0 Å². The van der Waals surface area contributed by atoms with Gasteiger partial charge in [-0.05, 0) is 18.1 Å². The van der Waals surface area contributed by atoms with E-state index >= 15 is 0 Å². The van der Waals surface area contributed by atoms with E-state index in [-0.39, 0.29) is 0 Å². The lowest BCUT2D eigenvalue weighted by Crippen LogP contribution is -2.01. The molecule has 0 radical (unpaired) electrons. The van der Waals surface area contributed by atoms with Crippen LogP contribution < -0.4 is 0 Å². The minimum atomic E-state index is 0.428. The number of hydrogen-bond donors (Lipinski definition) is 1. The summed E-state index contributed by atoms with van der Waals surface area (Å²) in [6, 6.07) is 19.8. The van der Waals surface area contributed by atoms with Crippen LogP contribution in [0.2, 0.25) is 0 Å². The Balaban J connectivity index is 1.93. The summed E-state index contributed by atoms with van der Waals surface area (Å²) in [5.41, 5.74) is 2.15. The first-order valence-corrected chi connectivity index (χ1v) is 6.84. The van der Waals surface area contributed by atoms with Crippen molar-refractivity contribution in [3.8, 4) is 0 Å². The van der Waals surface area contributed by atoms with Gasteiger partial charge in [0.2, 0.25) is 0 Å². The van der Waals surface area contributed by atoms with Gasteiger partial charge in [-0.15, -0.1) is 0 Å². The summed E-state index contributed by atoms with van der Waals surface area (Å²) in [4.78, 5) is 0. The van der Waals surface area contributed by atoms with Gasteiger partial charge in [0.25, 0.3) is 0 Å². The van der Waals surface area contributed by atoms with E-state index in [1.54, 1.807) is 0 Å². The second kappa shape index (κ2) is 7.90. The summed E-state index contributed by atoms with van der Waals surface area (Å²) in [7, 11) is 0. The van der Waals surface area contributed by atoms with Crippen molar-refractivity contribution in [3.63, 3.8) is 0 Å². The van der Waals surface area contributed by atoms with Gasteiger partial charge >= 0.3 is 0 Å². The molecule has 0 unspecified atom stereocenters. The minimum Gasteiger partial charge on any atom is -0.490 e. The Labute approximate surface area is 125 Å². The molecule has 0 atom stereocenters. The Bertz CT molecular complexity index is 591. The van der Waals surface area contributed by atoms with Crippen LogP contribution in [0.4, 0.5) is 0 Å². The van der Waals surface area contributed by atoms with Crippen molar-refractivity contribution in [2.45, 2.75) is 20.1 Å². The zero-order valence-corrected chi connectivity index (χ0v) is 12.1. The van der Waals surface area contributed by atoms with Gasteiger partial charge in [-0.25, -0.2) is 0 Å². The molecule has 0 bridgehead atoms. The van der Waals surface area contributed by atoms with E-state index in [2.05, 4.69) is 0 Å². The molecule has 0 heterocycles. The molecule has 0 aliphatic carbocycles. The second-order valence-corrected chi connectivity index (χ2v) is 4.61. The molecule has 2 aromatic carbocycles. The van der Waals surface area contributed by atoms with Crippen LogP contribution in [0.15, 0.2) is 72.2 Å². The Hall–Kier alpha value is -2.55. The van der Waals surface area contributed by atoms with Crippen LogP contribution >= 0.6 is 0 Å². The van der Waals surface area contributed by atoms with Crippen molar-refractivity contribution in [2.24, 2.45) is 0 Å². The summed E-state index contributed by atoms with van der Waals surface area (Å²) in [6.07, 6.45) is 1.18. The monoisotopic (exact) mass is 281 g/mol. The van der Waals surface area contributed by atoms with Gasteiger partial charge < -0.3 is 14.9 Å². The van der Waals surface area contributed by atoms with Crippen LogP contribution in [-0.2, 0) is 22.7 Å². The fourth-order valence-corrected chi connectivity index (χ4v) is 1.82. The number of ether oxygens (including phenoxy) is 2. The second-order valence-electron chi connectivity index (χ2n) is 4.61. The van der Waals surface area contributed by atoms with Crippen molar-refractivity contribution in [1.29, 1.82) is 5.41 Å². The van der Waals surface area contributed by atoms with Gasteiger partial charge in [0.1, 0.15) is 19.0 Å². The van der Waals surface area contributed by atoms with Gasteiger partial charge in [-0.2, -0.15) is 0 Å². The fraction of sp³-hybridized carbons (Fsp3) is 0.167. The lowest BCUT2D eigenvalue weighted by atomic mass is 10.2. The molecule has 0 spiro atoms. The molecule has 3 nitrogen and oxygen atoms in total. The number of hydrogen-bond acceptors (Lipinski definition) is 3. The third-order valence-corrected chi connectivity index (χ3v) is 3.01. The molecule has 0 aliphatic heterocycles. The first-order valence-electron chi connectivity index (χ1n) is 6.84. The van der Waals surface area contributed by atoms with Crippen molar-refractivity contribution < 1.29 is 9.47 Å². The Morgan fingerprint density at radius 1 is 0.857 bits per heavy atom. The van der Waals surface area contributed by atoms with Crippen LogP contribution in [0, 0.1) is 5.41 Å². The minimum absolute atomic E-state index is 0.428. The maximum absolute atomic E-state index is 7.45. The molecular formula is C18H19NO2. The molecule has 108 valence electrons. The van der Waals surface area contributed by atoms with E-state index in [0.717, 1.165) is 11.1 Å². The highest BCUT2D eigenvalue weighted by atomic mass is 16.5. The predicted molar refractivity (Wildman–Crippen MR) is 83.9 cm³/mol. The maximum atomic E-state index is 7.45. The molecule has 1 N–H and O–H groups in total. The fourth-order valence-electron chi connectivity index (χ4n) is 1.82. The summed E-state index contributed by atoms with van der Waals surface area (Å²) in [5, 5.41) is 7.45. The zero-order chi connectivity index (χ0) is 14.9. The van der Waals surface area contributed by atoms with Crippen LogP contribution in [-0.4, -0.2) is 6.21 Å². The SMILES string of the molecule is CC(OCc1ccccc1)=C(C=N)OCc1ccccc1. The first-order chi connectivity index (χ1) is 10.3. The lowest BCUT2D eigenvalue weighted by molar-refractivity contribution is 0.153. The number of benzene rings is 2. The normalized spacial score (nSPS) is 11.5. The average Bonchev–Trinajstić information content (AvgIpc) is 2.55. The Morgan fingerprint density at radius 2 is 1.33 bits per heavy atom. The molecule has 0 aliphatic rings. The van der Waals surface area contributed by atoms with Crippen LogP contribution in [0.25, 0.3) is 0 Å². The van der Waals surface area contributed by atoms with E-state index in [1.165, 1.54) is 6.21 Å². The highest BCUT2D eigenvalue weighted by Crippen LogP contribution is 2.12. The average molecular weight is 281 g/mol. The molecule has 0 fully saturated rings. The third kappa shape index (κ3) is 4.80. The molecule has 21 heavy (non-hydrogen) atoms. The molecule has 0 saturated heterocycles. The Morgan fingerprint density at radius 3 is 1.81 bits per heavy atom. The molecule has 2 aromatic rings. The quantitative estimate of drug-likeness (QED) is 0.607. The predicted octanol–water partition coefficient (Wildman–Crippen LogP) is 4.30. The molecule has 2 rings (SSSR count). The highest BCUT2D eigenvalue weighted by Gasteiger charge is 2.04. The van der Waals surface area contributed by atoms with Crippen molar-refractivity contribution in [3.05, 3.63) is 83.3 Å². The first kappa shape index (κ1) is 14.9. The molecule has 0 saturated carbocycles. The van der Waals surface area contributed by atoms with Crippen LogP contribution in [0.5, 0.6) is 0 Å². The van der Waals surface area contributed by atoms with E-state index in [0.29, 0.717) is 24.7 Å². The summed E-state index contributed by atoms with van der Waals surface area (Å²) >= 11 is 0. The number of rotatable bonds is 7. The van der Waals surface area contributed by atoms with Gasteiger partial charge in [0.05, 0.1) is 6.21 Å². The maximum Gasteiger partial charge on any atom is 0.174 e. The topological polar surface area (TPSA) is 42.3 Å². The highest BCUT2D eigenvalue weighted by molar-refractivity contribution is 5.73. The van der Waals surface area contributed by atoms with E-state index < -0.39 is 0 Å². The van der Waals surface area contributed by atoms with Crippen LogP contribution in [0.1, 0.15) is 18.1 Å². The van der Waals surface area contributed by atoms with Crippen LogP contribution in [0.3, 0.4) is 0 Å². The standard InChI is InChI=1S/C18H19NO2/c1-15(20-13-16-8-4-2-5-9-16)18(12-19)21-14-17-10-6-3-7-11-17/h2-12,19H,13-14H2,1H3. The zero-order valence-electron chi connectivity index (χ0n) is 12.1. The van der Waals surface area contributed by atoms with Crippen molar-refractivity contribution >= 4 is 6.21 Å². The van der Waals surface area contributed by atoms with E-state index in [9.17, 15) is 0 Å². The largest absolute Gasteiger partial charge is 0.490 e. The van der Waals surface area contributed by atoms with E-state index in [4.69, 9.17) is 14.9 Å². The van der Waals surface area contributed by atoms with Gasteiger partial charge in [-0.1, -0.05) is 60.7 Å². The molecular weight excluding hydrogens is 262 g/mol. The smallest absolute Gasteiger partial charge is 0.174 e. The molecule has 3 heteroatoms. The number of nitrogens with one attached hydrogen (secondary N) is 1. The lowest BCUT2D eigenvalue weighted by Gasteiger charge is -2.12. The van der Waals surface area contributed by atoms with Crippen molar-refractivity contribution in [1.82, 2.24) is 0 Å². The summed E-state index contributed by atoms with van der Waals surface area (Å²) in [5.74, 6) is 1.07. The number of allylic oxidation sites excluding steroid dienone is 2. The summed E-state index contributed by atoms with van der Waals surface area (Å²) < 4.78 is 11.3. The summed E-state index contributed by atoms with van der Waals surface area (Å²) in [6.45, 7) is 2.71. The molecule has 0 aromatic heterocycles. The van der Waals surface area contributed by atoms with Crippen molar-refractivity contribution in [2.75, 3.05) is 0 Å². The third-order valence-electron chi connectivity index (χ3n) is 3.01. The van der Waals surface area contributed by atoms with E-state index in [1.807, 2.05) is 67.6 Å². The van der Waals surface area contributed by atoms with Gasteiger partial charge in [-0.3, -0.25) is 0 Å². The van der Waals surface area contributed by atoms with Gasteiger partial charge in [0.15, 0.2) is 5.76 Å². The Kier molecular flexibility index (Phi) is 5.59. The molecule has 0 amide bonds.